The lowest BCUT2D eigenvalue weighted by molar-refractivity contribution is -1.06. The Bertz CT molecular complexity index is 1290. The van der Waals surface area contributed by atoms with Crippen LogP contribution in [0, 0.1) is 0 Å². The third-order valence-corrected chi connectivity index (χ3v) is 8.98. The molecular weight excluding hydrogens is 583 g/mol. The van der Waals surface area contributed by atoms with Crippen molar-refractivity contribution in [3.8, 4) is 0 Å². The van der Waals surface area contributed by atoms with E-state index in [1.54, 1.807) is 6.07 Å². The predicted molar refractivity (Wildman–Crippen MR) is 148 cm³/mol. The first-order valence-electron chi connectivity index (χ1n) is 13.1. The van der Waals surface area contributed by atoms with Gasteiger partial charge in [-0.3, -0.25) is 14.6 Å². The van der Waals surface area contributed by atoms with Gasteiger partial charge in [0, 0.05) is 62.9 Å². The van der Waals surface area contributed by atoms with E-state index in [2.05, 4.69) is 21.8 Å². The minimum atomic E-state index is -5.39. The Hall–Kier alpha value is -2.71. The number of hydroxylamine groups is 3. The Kier molecular flexibility index (Phi) is 9.34. The zero-order valence-corrected chi connectivity index (χ0v) is 24.6. The van der Waals surface area contributed by atoms with Gasteiger partial charge < -0.3 is 9.80 Å². The van der Waals surface area contributed by atoms with Crippen molar-refractivity contribution >= 4 is 47.0 Å². The van der Waals surface area contributed by atoms with Crippen LogP contribution in [0.2, 0.25) is 5.02 Å². The molecule has 3 heterocycles. The molecule has 3 amide bonds. The van der Waals surface area contributed by atoms with Gasteiger partial charge in [-0.05, 0) is 60.7 Å². The van der Waals surface area contributed by atoms with E-state index in [-0.39, 0.29) is 10.7 Å². The van der Waals surface area contributed by atoms with Gasteiger partial charge in [0.05, 0.1) is 10.7 Å². The molecular formula is C27H32ClF3N5O4S+. The monoisotopic (exact) mass is 614 g/mol. The molecule has 4 rings (SSSR count). The zero-order valence-electron chi connectivity index (χ0n) is 23.0. The number of halogens is 4. The number of piperazine rings is 1. The third-order valence-electron chi connectivity index (χ3n) is 7.40. The first-order valence-corrected chi connectivity index (χ1v) is 14.4. The van der Waals surface area contributed by atoms with Gasteiger partial charge in [-0.15, -0.1) is 11.8 Å². The van der Waals surface area contributed by atoms with Crippen LogP contribution in [0.1, 0.15) is 25.8 Å². The van der Waals surface area contributed by atoms with E-state index >= 15 is 0 Å². The van der Waals surface area contributed by atoms with Crippen molar-refractivity contribution in [1.82, 2.24) is 14.8 Å². The maximum atomic E-state index is 13.9. The fourth-order valence-electron chi connectivity index (χ4n) is 4.82. The molecule has 0 bridgehead atoms. The standard InChI is InChI=1S/C27H32ClF3N5O4S/c1-26(2)23(37)35(25(39)36(26,40-24(38)27(29,30)31)18-19-7-9-32-10-8-19)20-5-6-22(21(28)17-20)41-16-4-11-34-14-12-33(3)13-15-34/h5-10,17H,4,11-16,18H2,1-3H3/q+1. The first-order chi connectivity index (χ1) is 19.3. The highest BCUT2D eigenvalue weighted by molar-refractivity contribution is 7.99. The van der Waals surface area contributed by atoms with E-state index in [4.69, 9.17) is 16.4 Å². The van der Waals surface area contributed by atoms with Crippen LogP contribution < -0.4 is 4.90 Å². The number of likely N-dealkylation sites (N-methyl/N-ethyl adjacent to an activating group) is 1. The number of thioether (sulfide) groups is 1. The first kappa shape index (κ1) is 31.2. The fraction of sp³-hybridized carbons (Fsp3) is 0.481. The average molecular weight is 615 g/mol. The lowest BCUT2D eigenvalue weighted by Crippen LogP contribution is -2.62. The highest BCUT2D eigenvalue weighted by Crippen LogP contribution is 2.43. The number of benzene rings is 1. The van der Waals surface area contributed by atoms with Crippen molar-refractivity contribution in [2.24, 2.45) is 0 Å². The average Bonchev–Trinajstić information content (AvgIpc) is 3.05. The van der Waals surface area contributed by atoms with Crippen LogP contribution in [-0.4, -0.2) is 94.6 Å². The van der Waals surface area contributed by atoms with Crippen molar-refractivity contribution in [2.75, 3.05) is 50.4 Å². The second-order valence-corrected chi connectivity index (χ2v) is 12.1. The molecule has 0 N–H and O–H groups in total. The minimum absolute atomic E-state index is 0.0673. The summed E-state index contributed by atoms with van der Waals surface area (Å²) in [5.74, 6) is -2.61. The maximum Gasteiger partial charge on any atom is 0.497 e. The molecule has 14 heteroatoms. The van der Waals surface area contributed by atoms with E-state index in [0.29, 0.717) is 5.56 Å². The molecule has 2 fully saturated rings. The van der Waals surface area contributed by atoms with Crippen molar-refractivity contribution in [3.63, 3.8) is 0 Å². The largest absolute Gasteiger partial charge is 0.497 e. The molecule has 1 unspecified atom stereocenters. The van der Waals surface area contributed by atoms with E-state index in [0.717, 1.165) is 54.7 Å². The topological polar surface area (TPSA) is 83.0 Å². The molecule has 1 aromatic carbocycles. The molecule has 1 atom stereocenters. The van der Waals surface area contributed by atoms with E-state index in [1.807, 2.05) is 0 Å². The molecule has 2 aliphatic rings. The van der Waals surface area contributed by atoms with E-state index in [1.165, 1.54) is 62.3 Å². The van der Waals surface area contributed by atoms with Gasteiger partial charge in [0.25, 0.3) is 0 Å². The number of carbonyl (C=O) groups excluding carboxylic acids is 3. The molecule has 2 saturated heterocycles. The fourth-order valence-corrected chi connectivity index (χ4v) is 6.01. The second kappa shape index (κ2) is 12.3. The normalized spacial score (nSPS) is 21.9. The zero-order chi connectivity index (χ0) is 30.0. The van der Waals surface area contributed by atoms with Crippen molar-refractivity contribution < 1.29 is 37.0 Å². The van der Waals surface area contributed by atoms with Gasteiger partial charge >= 0.3 is 24.1 Å². The van der Waals surface area contributed by atoms with Crippen LogP contribution in [0.5, 0.6) is 0 Å². The number of carbonyl (C=O) groups is 3. The summed E-state index contributed by atoms with van der Waals surface area (Å²) in [6.45, 7) is 7.14. The van der Waals surface area contributed by atoms with Crippen LogP contribution in [0.4, 0.5) is 23.7 Å². The number of nitrogens with zero attached hydrogens (tertiary/aromatic N) is 5. The number of aromatic nitrogens is 1. The molecule has 41 heavy (non-hydrogen) atoms. The van der Waals surface area contributed by atoms with Crippen molar-refractivity contribution in [1.29, 1.82) is 0 Å². The molecule has 0 aliphatic carbocycles. The van der Waals surface area contributed by atoms with Crippen molar-refractivity contribution in [2.45, 2.75) is 43.4 Å². The number of anilines is 1. The van der Waals surface area contributed by atoms with Crippen LogP contribution in [0.15, 0.2) is 47.6 Å². The number of quaternary nitrogens is 1. The number of rotatable bonds is 9. The van der Waals surface area contributed by atoms with Gasteiger partial charge in [-0.2, -0.15) is 18.1 Å². The molecule has 2 aromatic rings. The Morgan fingerprint density at radius 2 is 1.78 bits per heavy atom. The molecule has 0 radical (unpaired) electrons. The Morgan fingerprint density at radius 1 is 1.12 bits per heavy atom. The number of alkyl halides is 3. The van der Waals surface area contributed by atoms with Gasteiger partial charge in [-0.25, -0.2) is 9.59 Å². The summed E-state index contributed by atoms with van der Waals surface area (Å²) < 4.78 is 38.4. The number of imide groups is 1. The molecule has 2 aliphatic heterocycles. The van der Waals surface area contributed by atoms with Crippen LogP contribution in [0.25, 0.3) is 0 Å². The predicted octanol–water partition coefficient (Wildman–Crippen LogP) is 4.75. The second-order valence-electron chi connectivity index (χ2n) is 10.6. The Labute approximate surface area is 245 Å². The molecule has 222 valence electrons. The van der Waals surface area contributed by atoms with E-state index < -0.39 is 40.8 Å². The smallest absolute Gasteiger partial charge is 0.304 e. The highest BCUT2D eigenvalue weighted by atomic mass is 35.5. The lowest BCUT2D eigenvalue weighted by Gasteiger charge is -2.35. The van der Waals surface area contributed by atoms with Crippen LogP contribution in [-0.2, 0) is 21.0 Å². The SMILES string of the molecule is CN1CCN(CCCSc2ccc(N3C(=O)C(C)(C)[N+](Cc4ccncc4)(OC(=O)C(F)(F)F)C3=O)cc2Cl)CC1. The number of urea groups is 1. The van der Waals surface area contributed by atoms with Gasteiger partial charge in [0.2, 0.25) is 5.54 Å². The summed E-state index contributed by atoms with van der Waals surface area (Å²) in [6.07, 6.45) is -1.68. The molecule has 0 spiro atoms. The molecule has 9 nitrogen and oxygen atoms in total. The molecule has 0 saturated carbocycles. The van der Waals surface area contributed by atoms with Crippen LogP contribution in [0.3, 0.4) is 0 Å². The molecule has 1 aromatic heterocycles. The minimum Gasteiger partial charge on any atom is -0.304 e. The van der Waals surface area contributed by atoms with Gasteiger partial charge in [0.1, 0.15) is 0 Å². The number of hydrogen-bond donors (Lipinski definition) is 0. The summed E-state index contributed by atoms with van der Waals surface area (Å²) in [4.78, 5) is 54.5. The Morgan fingerprint density at radius 3 is 2.39 bits per heavy atom. The summed E-state index contributed by atoms with van der Waals surface area (Å²) in [6, 6.07) is 6.39. The highest BCUT2D eigenvalue weighted by Gasteiger charge is 2.71. The number of amides is 3. The van der Waals surface area contributed by atoms with Crippen LogP contribution >= 0.6 is 23.4 Å². The van der Waals surface area contributed by atoms with Gasteiger partial charge in [0.15, 0.2) is 6.54 Å². The maximum absolute atomic E-state index is 13.9. The quantitative estimate of drug-likeness (QED) is 0.173. The van der Waals surface area contributed by atoms with E-state index in [9.17, 15) is 27.6 Å². The van der Waals surface area contributed by atoms with Gasteiger partial charge in [-0.1, -0.05) is 11.6 Å². The lowest BCUT2D eigenvalue weighted by atomic mass is 10.0. The number of pyridine rings is 1. The summed E-state index contributed by atoms with van der Waals surface area (Å²) in [5, 5.41) is 0.289. The summed E-state index contributed by atoms with van der Waals surface area (Å²) in [7, 11) is 2.11. The Balaban J connectivity index is 1.55. The number of hydrogen-bond acceptors (Lipinski definition) is 8. The third kappa shape index (κ3) is 6.54. The summed E-state index contributed by atoms with van der Waals surface area (Å²) in [5.41, 5.74) is -1.49. The summed E-state index contributed by atoms with van der Waals surface area (Å²) >= 11 is 8.07. The van der Waals surface area contributed by atoms with Crippen molar-refractivity contribution in [3.05, 3.63) is 53.3 Å².